The predicted molar refractivity (Wildman–Crippen MR) is 142 cm³/mol. The predicted octanol–water partition coefficient (Wildman–Crippen LogP) is 6.80. The van der Waals surface area contributed by atoms with Crippen LogP contribution in [-0.4, -0.2) is 41.7 Å². The Bertz CT molecular complexity index is 886. The molecule has 1 aliphatic heterocycles. The van der Waals surface area contributed by atoms with Gasteiger partial charge in [-0.3, -0.25) is 9.59 Å². The SMILES string of the molecule is CC(C)C(C(C)C)P(OCCC#N)OCCCCCCCCCC(=O)ON1C(=O)c2ccccc2C1=O. The van der Waals surface area contributed by atoms with E-state index in [1.807, 2.05) is 0 Å². The molecule has 0 aromatic heterocycles. The third kappa shape index (κ3) is 9.81. The summed E-state index contributed by atoms with van der Waals surface area (Å²) in [6, 6.07) is 8.57. The van der Waals surface area contributed by atoms with Gasteiger partial charge >= 0.3 is 5.97 Å². The van der Waals surface area contributed by atoms with Gasteiger partial charge in [0.15, 0.2) is 8.38 Å². The number of unbranched alkanes of at least 4 members (excludes halogenated alkanes) is 6. The van der Waals surface area contributed by atoms with Gasteiger partial charge in [0, 0.05) is 12.1 Å². The standard InChI is InChI=1S/C28H41N2O6P/c1-21(2)26(22(3)4)37(35-20-14-18-29)34-19-13-9-7-5-6-8-10-17-25(31)36-30-27(32)23-15-11-12-16-24(23)28(30)33/h11-12,15-16,21-22,26H,5-10,13-14,17,19-20H2,1-4H3. The van der Waals surface area contributed by atoms with Gasteiger partial charge < -0.3 is 13.9 Å². The number of rotatable bonds is 18. The lowest BCUT2D eigenvalue weighted by atomic mass is 10.00. The second-order valence-electron chi connectivity index (χ2n) is 9.98. The highest BCUT2D eigenvalue weighted by molar-refractivity contribution is 7.48. The molecule has 1 unspecified atom stereocenters. The van der Waals surface area contributed by atoms with Crippen molar-refractivity contribution in [3.8, 4) is 6.07 Å². The summed E-state index contributed by atoms with van der Waals surface area (Å²) in [5, 5.41) is 9.38. The van der Waals surface area contributed by atoms with Gasteiger partial charge in [0.05, 0.1) is 36.8 Å². The minimum Gasteiger partial charge on any atom is -0.334 e. The molecule has 1 aromatic rings. The van der Waals surface area contributed by atoms with Crippen LogP contribution in [0, 0.1) is 23.2 Å². The Morgan fingerprint density at radius 3 is 1.92 bits per heavy atom. The van der Waals surface area contributed by atoms with E-state index in [9.17, 15) is 14.4 Å². The molecule has 1 aliphatic rings. The largest absolute Gasteiger partial charge is 0.334 e. The molecule has 1 heterocycles. The first kappa shape index (κ1) is 30.9. The third-order valence-electron chi connectivity index (χ3n) is 6.24. The number of hydrogen-bond acceptors (Lipinski definition) is 7. The molecule has 0 saturated heterocycles. The fourth-order valence-corrected chi connectivity index (χ4v) is 6.43. The number of nitriles is 1. The van der Waals surface area contributed by atoms with E-state index in [1.165, 1.54) is 0 Å². The van der Waals surface area contributed by atoms with Gasteiger partial charge in [-0.1, -0.05) is 77.0 Å². The first-order valence-corrected chi connectivity index (χ1v) is 14.6. The molecule has 0 bridgehead atoms. The topological polar surface area (TPSA) is 106 Å². The number of amides is 2. The highest BCUT2D eigenvalue weighted by Gasteiger charge is 2.38. The Morgan fingerprint density at radius 1 is 0.865 bits per heavy atom. The Labute approximate surface area is 222 Å². The summed E-state index contributed by atoms with van der Waals surface area (Å²) in [6.45, 7) is 9.87. The summed E-state index contributed by atoms with van der Waals surface area (Å²) in [6.07, 6.45) is 7.29. The van der Waals surface area contributed by atoms with E-state index in [4.69, 9.17) is 19.1 Å². The molecule has 37 heavy (non-hydrogen) atoms. The van der Waals surface area contributed by atoms with Crippen LogP contribution in [0.3, 0.4) is 0 Å². The zero-order valence-corrected chi connectivity index (χ0v) is 23.5. The summed E-state index contributed by atoms with van der Waals surface area (Å²) in [7, 11) is -1.02. The normalized spacial score (nSPS) is 13.9. The maximum atomic E-state index is 12.3. The maximum absolute atomic E-state index is 12.3. The molecule has 0 aliphatic carbocycles. The number of fused-ring (bicyclic) bond motifs is 1. The van der Waals surface area contributed by atoms with Crippen LogP contribution >= 0.6 is 8.38 Å². The quantitative estimate of drug-likeness (QED) is 0.116. The van der Waals surface area contributed by atoms with E-state index in [2.05, 4.69) is 33.8 Å². The van der Waals surface area contributed by atoms with Crippen molar-refractivity contribution in [3.05, 3.63) is 35.4 Å². The Balaban J connectivity index is 1.55. The number of hydroxylamine groups is 2. The zero-order valence-electron chi connectivity index (χ0n) is 22.6. The minimum atomic E-state index is -1.02. The third-order valence-corrected chi connectivity index (χ3v) is 8.79. The molecular formula is C28H41N2O6P. The average molecular weight is 533 g/mol. The van der Waals surface area contributed by atoms with Crippen LogP contribution in [0.1, 0.15) is 106 Å². The summed E-state index contributed by atoms with van der Waals surface area (Å²) in [4.78, 5) is 41.7. The van der Waals surface area contributed by atoms with Crippen molar-refractivity contribution in [2.24, 2.45) is 11.8 Å². The van der Waals surface area contributed by atoms with Crippen LogP contribution in [-0.2, 0) is 18.7 Å². The van der Waals surface area contributed by atoms with Gasteiger partial charge in [-0.2, -0.15) is 5.26 Å². The van der Waals surface area contributed by atoms with Crippen molar-refractivity contribution in [1.29, 1.82) is 5.26 Å². The Hall–Kier alpha value is -2.33. The highest BCUT2D eigenvalue weighted by Crippen LogP contribution is 2.50. The molecule has 1 atom stereocenters. The van der Waals surface area contributed by atoms with Crippen molar-refractivity contribution in [1.82, 2.24) is 5.06 Å². The Kier molecular flexibility index (Phi) is 13.8. The van der Waals surface area contributed by atoms with Crippen LogP contribution in [0.2, 0.25) is 0 Å². The van der Waals surface area contributed by atoms with Gasteiger partial charge in [-0.25, -0.2) is 4.79 Å². The van der Waals surface area contributed by atoms with Crippen molar-refractivity contribution in [2.75, 3.05) is 13.2 Å². The van der Waals surface area contributed by atoms with Crippen LogP contribution in [0.4, 0.5) is 0 Å². The second-order valence-corrected chi connectivity index (χ2v) is 11.7. The first-order chi connectivity index (χ1) is 17.8. The molecule has 0 radical (unpaired) electrons. The van der Waals surface area contributed by atoms with Gasteiger partial charge in [-0.15, -0.1) is 0 Å². The molecule has 1 aromatic carbocycles. The number of hydrogen-bond donors (Lipinski definition) is 0. The van der Waals surface area contributed by atoms with Gasteiger partial charge in [0.1, 0.15) is 0 Å². The minimum absolute atomic E-state index is 0.170. The first-order valence-electron chi connectivity index (χ1n) is 13.4. The lowest BCUT2D eigenvalue weighted by molar-refractivity contribution is -0.168. The van der Waals surface area contributed by atoms with E-state index < -0.39 is 26.2 Å². The summed E-state index contributed by atoms with van der Waals surface area (Å²) < 4.78 is 12.1. The van der Waals surface area contributed by atoms with Gasteiger partial charge in [0.2, 0.25) is 0 Å². The number of nitrogens with zero attached hydrogens (tertiary/aromatic N) is 2. The van der Waals surface area contributed by atoms with Crippen LogP contribution in [0.15, 0.2) is 24.3 Å². The summed E-state index contributed by atoms with van der Waals surface area (Å²) >= 11 is 0. The van der Waals surface area contributed by atoms with E-state index in [1.54, 1.807) is 24.3 Å². The lowest BCUT2D eigenvalue weighted by Crippen LogP contribution is -2.32. The molecule has 204 valence electrons. The Morgan fingerprint density at radius 2 is 1.38 bits per heavy atom. The molecule has 2 rings (SSSR count). The van der Waals surface area contributed by atoms with E-state index in [-0.39, 0.29) is 17.5 Å². The average Bonchev–Trinajstić information content (AvgIpc) is 3.09. The van der Waals surface area contributed by atoms with Crippen molar-refractivity contribution < 1.29 is 28.3 Å². The smallest absolute Gasteiger partial charge is 0.333 e. The second kappa shape index (κ2) is 16.5. The van der Waals surface area contributed by atoms with E-state index >= 15 is 0 Å². The molecule has 0 fully saturated rings. The van der Waals surface area contributed by atoms with Gasteiger partial charge in [-0.05, 0) is 36.8 Å². The van der Waals surface area contributed by atoms with Crippen LogP contribution in [0.5, 0.6) is 0 Å². The molecular weight excluding hydrogens is 491 g/mol. The van der Waals surface area contributed by atoms with Crippen molar-refractivity contribution in [2.45, 2.75) is 91.1 Å². The highest BCUT2D eigenvalue weighted by atomic mass is 31.2. The number of carbonyl (C=O) groups excluding carboxylic acids is 3. The van der Waals surface area contributed by atoms with Crippen LogP contribution < -0.4 is 0 Å². The number of benzene rings is 1. The van der Waals surface area contributed by atoms with E-state index in [0.29, 0.717) is 48.6 Å². The monoisotopic (exact) mass is 532 g/mol. The number of imide groups is 1. The number of carbonyl (C=O) groups is 3. The maximum Gasteiger partial charge on any atom is 0.333 e. The molecule has 0 spiro atoms. The van der Waals surface area contributed by atoms with Gasteiger partial charge in [0.25, 0.3) is 11.8 Å². The van der Waals surface area contributed by atoms with E-state index in [0.717, 1.165) is 38.5 Å². The lowest BCUT2D eigenvalue weighted by Gasteiger charge is -2.31. The molecule has 9 heteroatoms. The zero-order chi connectivity index (χ0) is 27.2. The summed E-state index contributed by atoms with van der Waals surface area (Å²) in [5.41, 5.74) is 0.861. The van der Waals surface area contributed by atoms with Crippen LogP contribution in [0.25, 0.3) is 0 Å². The van der Waals surface area contributed by atoms with Crippen molar-refractivity contribution in [3.63, 3.8) is 0 Å². The van der Waals surface area contributed by atoms with Crippen molar-refractivity contribution >= 4 is 26.2 Å². The fourth-order valence-electron chi connectivity index (χ4n) is 4.45. The molecule has 0 saturated carbocycles. The molecule has 0 N–H and O–H groups in total. The fraction of sp³-hybridized carbons (Fsp3) is 0.643. The summed E-state index contributed by atoms with van der Waals surface area (Å²) in [5.74, 6) is -0.844. The molecule has 2 amide bonds. The molecule has 8 nitrogen and oxygen atoms in total.